The molecule has 0 saturated carbocycles. The molecule has 2 rings (SSSR count). The van der Waals surface area contributed by atoms with Gasteiger partial charge in [0.15, 0.2) is 0 Å². The van der Waals surface area contributed by atoms with E-state index in [1.54, 1.807) is 0 Å². The average molecular weight is 205 g/mol. The second kappa shape index (κ2) is 2.95. The quantitative estimate of drug-likeness (QED) is 0.562. The molecule has 2 heterocycles. The standard InChI is InChI=1S/C7H11NO4S/c9-7(6-4-12-5-6)8-2-1-3-13(8,10)11/h6H,1-5H2. The van der Waals surface area contributed by atoms with Gasteiger partial charge in [-0.1, -0.05) is 0 Å². The van der Waals surface area contributed by atoms with Crippen molar-refractivity contribution < 1.29 is 17.9 Å². The van der Waals surface area contributed by atoms with Crippen LogP contribution in [-0.4, -0.2) is 44.1 Å². The van der Waals surface area contributed by atoms with Crippen molar-refractivity contribution in [3.05, 3.63) is 0 Å². The van der Waals surface area contributed by atoms with E-state index in [0.717, 1.165) is 4.31 Å². The first kappa shape index (κ1) is 8.96. The molecule has 0 spiro atoms. The molecule has 74 valence electrons. The summed E-state index contributed by atoms with van der Waals surface area (Å²) in [6, 6.07) is 0. The van der Waals surface area contributed by atoms with Crippen LogP contribution < -0.4 is 0 Å². The zero-order valence-electron chi connectivity index (χ0n) is 7.10. The third-order valence-corrected chi connectivity index (χ3v) is 4.17. The minimum atomic E-state index is -3.28. The molecule has 0 aliphatic carbocycles. The first-order valence-electron chi connectivity index (χ1n) is 4.23. The second-order valence-corrected chi connectivity index (χ2v) is 5.33. The van der Waals surface area contributed by atoms with Crippen LogP contribution in [0.2, 0.25) is 0 Å². The molecule has 0 aromatic heterocycles. The maximum atomic E-state index is 11.5. The van der Waals surface area contributed by atoms with Gasteiger partial charge in [-0.25, -0.2) is 12.7 Å². The van der Waals surface area contributed by atoms with E-state index in [0.29, 0.717) is 26.2 Å². The van der Waals surface area contributed by atoms with Crippen molar-refractivity contribution in [2.24, 2.45) is 5.92 Å². The fourth-order valence-corrected chi connectivity index (χ4v) is 3.01. The predicted molar refractivity (Wildman–Crippen MR) is 44.4 cm³/mol. The van der Waals surface area contributed by atoms with E-state index in [9.17, 15) is 13.2 Å². The van der Waals surface area contributed by atoms with E-state index >= 15 is 0 Å². The zero-order valence-corrected chi connectivity index (χ0v) is 7.92. The number of amides is 1. The Kier molecular flexibility index (Phi) is 2.03. The van der Waals surface area contributed by atoms with Gasteiger partial charge in [0.1, 0.15) is 0 Å². The maximum absolute atomic E-state index is 11.5. The monoisotopic (exact) mass is 205 g/mol. The van der Waals surface area contributed by atoms with E-state index < -0.39 is 10.0 Å². The van der Waals surface area contributed by atoms with Crippen molar-refractivity contribution in [1.82, 2.24) is 4.31 Å². The summed E-state index contributed by atoms with van der Waals surface area (Å²) >= 11 is 0. The summed E-state index contributed by atoms with van der Waals surface area (Å²) in [7, 11) is -3.28. The first-order chi connectivity index (χ1) is 6.11. The van der Waals surface area contributed by atoms with Gasteiger partial charge in [-0.05, 0) is 6.42 Å². The SMILES string of the molecule is O=C(C1COC1)N1CCCS1(=O)=O. The van der Waals surface area contributed by atoms with Crippen molar-refractivity contribution in [2.45, 2.75) is 6.42 Å². The summed E-state index contributed by atoms with van der Waals surface area (Å²) < 4.78 is 28.5. The highest BCUT2D eigenvalue weighted by Gasteiger charge is 2.39. The smallest absolute Gasteiger partial charge is 0.243 e. The summed E-state index contributed by atoms with van der Waals surface area (Å²) in [4.78, 5) is 11.5. The lowest BCUT2D eigenvalue weighted by molar-refractivity contribution is -0.144. The number of hydrogen-bond donors (Lipinski definition) is 0. The summed E-state index contributed by atoms with van der Waals surface area (Å²) in [5, 5.41) is 0. The normalized spacial score (nSPS) is 27.2. The van der Waals surface area contributed by atoms with Gasteiger partial charge in [-0.3, -0.25) is 4.79 Å². The topological polar surface area (TPSA) is 63.7 Å². The van der Waals surface area contributed by atoms with Crippen LogP contribution in [0.15, 0.2) is 0 Å². The fraction of sp³-hybridized carbons (Fsp3) is 0.857. The van der Waals surface area contributed by atoms with Crippen LogP contribution in [0.1, 0.15) is 6.42 Å². The van der Waals surface area contributed by atoms with Crippen LogP contribution in [0.25, 0.3) is 0 Å². The summed E-state index contributed by atoms with van der Waals surface area (Å²) in [6.45, 7) is 1.08. The molecule has 0 bridgehead atoms. The molecule has 0 N–H and O–H groups in total. The number of hydrogen-bond acceptors (Lipinski definition) is 4. The fourth-order valence-electron chi connectivity index (χ4n) is 1.47. The van der Waals surface area contributed by atoms with Crippen LogP contribution in [-0.2, 0) is 19.6 Å². The molecule has 2 aliphatic heterocycles. The first-order valence-corrected chi connectivity index (χ1v) is 5.84. The number of carbonyl (C=O) groups excluding carboxylic acids is 1. The number of sulfonamides is 1. The highest BCUT2D eigenvalue weighted by Crippen LogP contribution is 2.20. The number of nitrogens with zero attached hydrogens (tertiary/aromatic N) is 1. The summed E-state index contributed by atoms with van der Waals surface area (Å²) in [5.74, 6) is -0.414. The summed E-state index contributed by atoms with van der Waals surface area (Å²) in [6.07, 6.45) is 0.557. The highest BCUT2D eigenvalue weighted by molar-refractivity contribution is 7.89. The highest BCUT2D eigenvalue weighted by atomic mass is 32.2. The molecule has 13 heavy (non-hydrogen) atoms. The Hall–Kier alpha value is -0.620. The van der Waals surface area contributed by atoms with E-state index in [4.69, 9.17) is 4.74 Å². The molecule has 0 aromatic carbocycles. The number of rotatable bonds is 1. The molecule has 0 unspecified atom stereocenters. The van der Waals surface area contributed by atoms with E-state index in [1.807, 2.05) is 0 Å². The van der Waals surface area contributed by atoms with Crippen LogP contribution >= 0.6 is 0 Å². The molecule has 5 nitrogen and oxygen atoms in total. The van der Waals surface area contributed by atoms with Crippen LogP contribution in [0.3, 0.4) is 0 Å². The van der Waals surface area contributed by atoms with Crippen LogP contribution in [0, 0.1) is 5.92 Å². The van der Waals surface area contributed by atoms with Gasteiger partial charge in [-0.2, -0.15) is 0 Å². The van der Waals surface area contributed by atoms with Crippen molar-refractivity contribution in [3.63, 3.8) is 0 Å². The second-order valence-electron chi connectivity index (χ2n) is 3.31. The Morgan fingerprint density at radius 2 is 2.08 bits per heavy atom. The molecule has 2 aliphatic rings. The van der Waals surface area contributed by atoms with E-state index in [-0.39, 0.29) is 17.6 Å². The number of ether oxygens (including phenoxy) is 1. The third kappa shape index (κ3) is 1.44. The third-order valence-electron chi connectivity index (χ3n) is 2.33. The van der Waals surface area contributed by atoms with Crippen molar-refractivity contribution in [1.29, 1.82) is 0 Å². The largest absolute Gasteiger partial charge is 0.380 e. The van der Waals surface area contributed by atoms with Crippen molar-refractivity contribution in [3.8, 4) is 0 Å². The van der Waals surface area contributed by atoms with Gasteiger partial charge in [0.2, 0.25) is 15.9 Å². The zero-order chi connectivity index (χ0) is 9.47. The van der Waals surface area contributed by atoms with Gasteiger partial charge >= 0.3 is 0 Å². The summed E-state index contributed by atoms with van der Waals surface area (Å²) in [5.41, 5.74) is 0. The molecular formula is C7H11NO4S. The Labute approximate surface area is 76.7 Å². The van der Waals surface area contributed by atoms with Gasteiger partial charge in [0.05, 0.1) is 24.9 Å². The lowest BCUT2D eigenvalue weighted by Crippen LogP contribution is -2.45. The Morgan fingerprint density at radius 3 is 2.46 bits per heavy atom. The van der Waals surface area contributed by atoms with Crippen LogP contribution in [0.5, 0.6) is 0 Å². The molecular weight excluding hydrogens is 194 g/mol. The molecule has 2 saturated heterocycles. The van der Waals surface area contributed by atoms with E-state index in [1.165, 1.54) is 0 Å². The van der Waals surface area contributed by atoms with Gasteiger partial charge in [0, 0.05) is 6.54 Å². The molecule has 2 fully saturated rings. The molecule has 0 radical (unpaired) electrons. The lowest BCUT2D eigenvalue weighted by Gasteiger charge is -2.28. The molecule has 6 heteroatoms. The average Bonchev–Trinajstić information content (AvgIpc) is 2.25. The van der Waals surface area contributed by atoms with Crippen molar-refractivity contribution in [2.75, 3.05) is 25.5 Å². The predicted octanol–water partition coefficient (Wildman–Crippen LogP) is -0.805. The minimum Gasteiger partial charge on any atom is -0.380 e. The van der Waals surface area contributed by atoms with Crippen molar-refractivity contribution >= 4 is 15.9 Å². The van der Waals surface area contributed by atoms with Gasteiger partial charge < -0.3 is 4.74 Å². The molecule has 1 amide bonds. The Bertz CT molecular complexity index is 319. The van der Waals surface area contributed by atoms with Gasteiger partial charge in [-0.15, -0.1) is 0 Å². The lowest BCUT2D eigenvalue weighted by atomic mass is 10.1. The Balaban J connectivity index is 2.11. The molecule has 0 atom stereocenters. The number of carbonyl (C=O) groups is 1. The van der Waals surface area contributed by atoms with Crippen LogP contribution in [0.4, 0.5) is 0 Å². The minimum absolute atomic E-state index is 0.103. The maximum Gasteiger partial charge on any atom is 0.243 e. The Morgan fingerprint density at radius 1 is 1.38 bits per heavy atom. The van der Waals surface area contributed by atoms with Gasteiger partial charge in [0.25, 0.3) is 0 Å². The molecule has 0 aromatic rings. The van der Waals surface area contributed by atoms with E-state index in [2.05, 4.69) is 0 Å².